The van der Waals surface area contributed by atoms with Gasteiger partial charge in [-0.2, -0.15) is 0 Å². The van der Waals surface area contributed by atoms with Crippen LogP contribution in [0.1, 0.15) is 17.2 Å². The van der Waals surface area contributed by atoms with E-state index in [1.165, 1.54) is 17.4 Å². The molecule has 1 nitrogen and oxygen atoms in total. The van der Waals surface area contributed by atoms with Gasteiger partial charge in [-0.1, -0.05) is 41.4 Å². The van der Waals surface area contributed by atoms with E-state index in [4.69, 9.17) is 23.2 Å². The molecular formula is C12H10Cl2FNS. The molecule has 0 aliphatic carbocycles. The summed E-state index contributed by atoms with van der Waals surface area (Å²) in [5.41, 5.74) is 1.36. The van der Waals surface area contributed by atoms with E-state index in [0.29, 0.717) is 14.2 Å². The second kappa shape index (κ2) is 5.36. The van der Waals surface area contributed by atoms with Gasteiger partial charge in [-0.15, -0.1) is 11.3 Å². The molecule has 90 valence electrons. The first-order valence-corrected chi connectivity index (χ1v) is 6.57. The van der Waals surface area contributed by atoms with E-state index in [0.717, 1.165) is 5.56 Å². The van der Waals surface area contributed by atoms with Crippen molar-refractivity contribution in [2.75, 3.05) is 7.05 Å². The van der Waals surface area contributed by atoms with Gasteiger partial charge in [0.15, 0.2) is 0 Å². The van der Waals surface area contributed by atoms with Crippen LogP contribution in [-0.4, -0.2) is 7.05 Å². The molecular weight excluding hydrogens is 280 g/mol. The van der Waals surface area contributed by atoms with Gasteiger partial charge in [0, 0.05) is 11.1 Å². The Bertz CT molecular complexity index is 527. The summed E-state index contributed by atoms with van der Waals surface area (Å²) in [5, 5.41) is 3.05. The molecule has 0 bridgehead atoms. The van der Waals surface area contributed by atoms with Crippen molar-refractivity contribution < 1.29 is 4.39 Å². The number of thiophene rings is 1. The maximum absolute atomic E-state index is 13.7. The van der Waals surface area contributed by atoms with Gasteiger partial charge < -0.3 is 5.32 Å². The molecule has 0 saturated heterocycles. The number of hydrogen-bond acceptors (Lipinski definition) is 2. The minimum Gasteiger partial charge on any atom is -0.309 e. The molecule has 2 aromatic rings. The highest BCUT2D eigenvalue weighted by molar-refractivity contribution is 7.20. The van der Waals surface area contributed by atoms with Crippen LogP contribution in [0.4, 0.5) is 4.39 Å². The summed E-state index contributed by atoms with van der Waals surface area (Å²) in [6.07, 6.45) is 0. The molecule has 1 aromatic heterocycles. The largest absolute Gasteiger partial charge is 0.309 e. The Morgan fingerprint density at radius 3 is 2.47 bits per heavy atom. The zero-order chi connectivity index (χ0) is 12.4. The molecule has 0 fully saturated rings. The number of benzene rings is 1. The van der Waals surface area contributed by atoms with Gasteiger partial charge in [-0.3, -0.25) is 0 Å². The number of rotatable bonds is 3. The second-order valence-electron chi connectivity index (χ2n) is 3.52. The maximum atomic E-state index is 13.7. The van der Waals surface area contributed by atoms with E-state index in [-0.39, 0.29) is 11.9 Å². The quantitative estimate of drug-likeness (QED) is 0.877. The van der Waals surface area contributed by atoms with Crippen molar-refractivity contribution in [1.29, 1.82) is 0 Å². The van der Waals surface area contributed by atoms with Crippen LogP contribution in [0.25, 0.3) is 0 Å². The van der Waals surface area contributed by atoms with Crippen molar-refractivity contribution in [3.05, 3.63) is 55.9 Å². The molecule has 0 saturated carbocycles. The van der Waals surface area contributed by atoms with E-state index in [1.807, 2.05) is 0 Å². The highest BCUT2D eigenvalue weighted by Crippen LogP contribution is 2.37. The van der Waals surface area contributed by atoms with Crippen molar-refractivity contribution in [2.45, 2.75) is 6.04 Å². The average Bonchev–Trinajstić information content (AvgIpc) is 2.62. The molecule has 0 aliphatic rings. The summed E-state index contributed by atoms with van der Waals surface area (Å²) in [7, 11) is 1.76. The van der Waals surface area contributed by atoms with E-state index in [2.05, 4.69) is 5.32 Å². The molecule has 1 unspecified atom stereocenters. The Labute approximate surface area is 113 Å². The third-order valence-corrected chi connectivity index (χ3v) is 4.02. The van der Waals surface area contributed by atoms with Crippen molar-refractivity contribution in [3.8, 4) is 0 Å². The van der Waals surface area contributed by atoms with Crippen molar-refractivity contribution in [1.82, 2.24) is 5.32 Å². The molecule has 1 N–H and O–H groups in total. The van der Waals surface area contributed by atoms with Crippen LogP contribution in [-0.2, 0) is 0 Å². The standard InChI is InChI=1S/C12H10Cl2FNS/c1-16-11(7-4-2-3-5-9(7)15)8-6-10(13)17-12(8)14/h2-6,11,16H,1H3. The summed E-state index contributed by atoms with van der Waals surface area (Å²) in [4.78, 5) is 0. The van der Waals surface area contributed by atoms with E-state index < -0.39 is 0 Å². The monoisotopic (exact) mass is 289 g/mol. The number of halogens is 3. The molecule has 5 heteroatoms. The SMILES string of the molecule is CNC(c1ccccc1F)c1cc(Cl)sc1Cl. The van der Waals surface area contributed by atoms with Crippen LogP contribution in [0.3, 0.4) is 0 Å². The normalized spacial score (nSPS) is 12.7. The van der Waals surface area contributed by atoms with Crippen molar-refractivity contribution >= 4 is 34.5 Å². The van der Waals surface area contributed by atoms with Gasteiger partial charge >= 0.3 is 0 Å². The summed E-state index contributed by atoms with van der Waals surface area (Å²) >= 11 is 13.3. The lowest BCUT2D eigenvalue weighted by Crippen LogP contribution is -2.18. The molecule has 0 amide bonds. The fourth-order valence-electron chi connectivity index (χ4n) is 1.74. The fraction of sp³-hybridized carbons (Fsp3) is 0.167. The van der Waals surface area contributed by atoms with Crippen LogP contribution >= 0.6 is 34.5 Å². The third-order valence-electron chi connectivity index (χ3n) is 2.50. The predicted molar refractivity (Wildman–Crippen MR) is 71.6 cm³/mol. The van der Waals surface area contributed by atoms with E-state index in [9.17, 15) is 4.39 Å². The Morgan fingerprint density at radius 1 is 1.24 bits per heavy atom. The molecule has 2 rings (SSSR count). The lowest BCUT2D eigenvalue weighted by Gasteiger charge is -2.16. The Balaban J connectivity index is 2.47. The molecule has 17 heavy (non-hydrogen) atoms. The summed E-state index contributed by atoms with van der Waals surface area (Å²) < 4.78 is 14.9. The third kappa shape index (κ3) is 2.63. The van der Waals surface area contributed by atoms with Crippen LogP contribution in [0.15, 0.2) is 30.3 Å². The highest BCUT2D eigenvalue weighted by atomic mass is 35.5. The molecule has 1 atom stereocenters. The first-order chi connectivity index (χ1) is 8.13. The van der Waals surface area contributed by atoms with Crippen LogP contribution in [0.2, 0.25) is 8.67 Å². The van der Waals surface area contributed by atoms with Crippen molar-refractivity contribution in [2.24, 2.45) is 0 Å². The van der Waals surface area contributed by atoms with Crippen LogP contribution in [0.5, 0.6) is 0 Å². The summed E-state index contributed by atoms with van der Waals surface area (Å²) in [5.74, 6) is -0.259. The predicted octanol–water partition coefficient (Wildman–Crippen LogP) is 4.50. The average molecular weight is 290 g/mol. The van der Waals surface area contributed by atoms with Gasteiger partial charge in [0.05, 0.1) is 14.7 Å². The molecule has 0 spiro atoms. The lowest BCUT2D eigenvalue weighted by atomic mass is 10.0. The summed E-state index contributed by atoms with van der Waals surface area (Å²) in [6.45, 7) is 0. The van der Waals surface area contributed by atoms with Gasteiger partial charge in [0.2, 0.25) is 0 Å². The molecule has 0 aliphatic heterocycles. The highest BCUT2D eigenvalue weighted by Gasteiger charge is 2.20. The lowest BCUT2D eigenvalue weighted by molar-refractivity contribution is 0.577. The van der Waals surface area contributed by atoms with Gasteiger partial charge in [0.1, 0.15) is 5.82 Å². The minimum absolute atomic E-state index is 0.259. The topological polar surface area (TPSA) is 12.0 Å². The number of nitrogens with one attached hydrogen (secondary N) is 1. The first kappa shape index (κ1) is 12.8. The van der Waals surface area contributed by atoms with E-state index in [1.54, 1.807) is 31.3 Å². The smallest absolute Gasteiger partial charge is 0.128 e. The Hall–Kier alpha value is -0.610. The van der Waals surface area contributed by atoms with Crippen LogP contribution in [0, 0.1) is 5.82 Å². The molecule has 1 heterocycles. The maximum Gasteiger partial charge on any atom is 0.128 e. The van der Waals surface area contributed by atoms with E-state index >= 15 is 0 Å². The Kier molecular flexibility index (Phi) is 4.05. The van der Waals surface area contributed by atoms with Crippen molar-refractivity contribution in [3.63, 3.8) is 0 Å². The second-order valence-corrected chi connectivity index (χ2v) is 5.81. The fourth-order valence-corrected chi connectivity index (χ4v) is 3.27. The minimum atomic E-state index is -0.285. The van der Waals surface area contributed by atoms with Gasteiger partial charge in [-0.05, 0) is 19.2 Å². The zero-order valence-electron chi connectivity index (χ0n) is 9.01. The summed E-state index contributed by atoms with van der Waals surface area (Å²) in [6, 6.07) is 8.10. The van der Waals surface area contributed by atoms with Gasteiger partial charge in [-0.25, -0.2) is 4.39 Å². The van der Waals surface area contributed by atoms with Crippen LogP contribution < -0.4 is 5.32 Å². The Morgan fingerprint density at radius 2 is 1.94 bits per heavy atom. The number of hydrogen-bond donors (Lipinski definition) is 1. The van der Waals surface area contributed by atoms with Gasteiger partial charge in [0.25, 0.3) is 0 Å². The zero-order valence-corrected chi connectivity index (χ0v) is 11.3. The molecule has 1 aromatic carbocycles. The molecule has 0 radical (unpaired) electrons. The first-order valence-electron chi connectivity index (χ1n) is 5.00.